The highest BCUT2D eigenvalue weighted by molar-refractivity contribution is 6.61. The molecule has 14 heavy (non-hydrogen) atoms. The van der Waals surface area contributed by atoms with Gasteiger partial charge in [-0.05, 0) is 31.4 Å². The third-order valence-corrected chi connectivity index (χ3v) is 2.15. The number of benzene rings is 1. The normalized spacial score (nSPS) is 20.0. The number of aromatic hydroxyl groups is 1. The number of phenolic OH excluding ortho intramolecular Hbond substituents is 1. The number of hydrogen-bond donors (Lipinski definition) is 1. The van der Waals surface area contributed by atoms with Crippen molar-refractivity contribution in [2.24, 2.45) is 0 Å². The van der Waals surface area contributed by atoms with E-state index in [1.165, 1.54) is 0 Å². The van der Waals surface area contributed by atoms with Crippen molar-refractivity contribution in [3.63, 3.8) is 0 Å². The minimum absolute atomic E-state index is 0.236. The summed E-state index contributed by atoms with van der Waals surface area (Å²) in [6.07, 6.45) is 0. The van der Waals surface area contributed by atoms with Crippen LogP contribution in [0.4, 0.5) is 0 Å². The molecule has 0 bridgehead atoms. The Kier molecular flexibility index (Phi) is 2.25. The number of phenols is 1. The lowest BCUT2D eigenvalue weighted by molar-refractivity contribution is 0.137. The van der Waals surface area contributed by atoms with Gasteiger partial charge in [0.2, 0.25) is 0 Å². The fraction of sp³-hybridized carbons (Fsp3) is 0.400. The third kappa shape index (κ3) is 1.91. The van der Waals surface area contributed by atoms with E-state index in [1.54, 1.807) is 18.2 Å². The Morgan fingerprint density at radius 3 is 2.79 bits per heavy atom. The van der Waals surface area contributed by atoms with Crippen LogP contribution in [0.1, 0.15) is 13.8 Å². The van der Waals surface area contributed by atoms with Gasteiger partial charge >= 0.3 is 7.12 Å². The van der Waals surface area contributed by atoms with E-state index in [1.807, 2.05) is 19.9 Å². The van der Waals surface area contributed by atoms with Crippen LogP contribution in [0.3, 0.4) is 0 Å². The predicted octanol–water partition coefficient (Wildman–Crippen LogP) is 0.913. The molecule has 74 valence electrons. The molecule has 4 heteroatoms. The molecule has 1 aliphatic heterocycles. The SMILES string of the molecule is CC1(C)COB(c2cccc(O)c2)O1. The first-order valence-corrected chi connectivity index (χ1v) is 4.65. The highest BCUT2D eigenvalue weighted by Crippen LogP contribution is 2.20. The first-order chi connectivity index (χ1) is 6.57. The molecule has 1 saturated heterocycles. The van der Waals surface area contributed by atoms with E-state index in [-0.39, 0.29) is 18.5 Å². The van der Waals surface area contributed by atoms with Crippen LogP contribution in [0.2, 0.25) is 0 Å². The molecule has 3 nitrogen and oxygen atoms in total. The van der Waals surface area contributed by atoms with Crippen LogP contribution in [-0.2, 0) is 9.31 Å². The van der Waals surface area contributed by atoms with E-state index in [4.69, 9.17) is 9.31 Å². The summed E-state index contributed by atoms with van der Waals surface area (Å²) in [5.74, 6) is 0.236. The standard InChI is InChI=1S/C10H13BO3/c1-10(2)7-13-11(14-10)8-4-3-5-9(12)6-8/h3-6,12H,7H2,1-2H3. The van der Waals surface area contributed by atoms with Crippen molar-refractivity contribution in [2.45, 2.75) is 19.4 Å². The molecule has 0 unspecified atom stereocenters. The zero-order valence-electron chi connectivity index (χ0n) is 8.36. The van der Waals surface area contributed by atoms with E-state index in [0.29, 0.717) is 6.61 Å². The second kappa shape index (κ2) is 3.30. The lowest BCUT2D eigenvalue weighted by Gasteiger charge is -2.15. The minimum Gasteiger partial charge on any atom is -0.508 e. The molecular weight excluding hydrogens is 179 g/mol. The summed E-state index contributed by atoms with van der Waals surface area (Å²) in [5, 5.41) is 9.29. The van der Waals surface area contributed by atoms with Crippen molar-refractivity contribution in [1.29, 1.82) is 0 Å². The Morgan fingerprint density at radius 2 is 2.21 bits per heavy atom. The van der Waals surface area contributed by atoms with Crippen LogP contribution in [-0.4, -0.2) is 24.4 Å². The van der Waals surface area contributed by atoms with Crippen molar-refractivity contribution in [3.05, 3.63) is 24.3 Å². The van der Waals surface area contributed by atoms with Crippen LogP contribution in [0, 0.1) is 0 Å². The lowest BCUT2D eigenvalue weighted by Crippen LogP contribution is -2.34. The molecule has 0 atom stereocenters. The van der Waals surface area contributed by atoms with Gasteiger partial charge < -0.3 is 14.4 Å². The Morgan fingerprint density at radius 1 is 1.43 bits per heavy atom. The van der Waals surface area contributed by atoms with Crippen molar-refractivity contribution < 1.29 is 14.4 Å². The maximum Gasteiger partial charge on any atom is 0.494 e. The molecule has 0 aromatic heterocycles. The van der Waals surface area contributed by atoms with Gasteiger partial charge in [0.15, 0.2) is 0 Å². The Balaban J connectivity index is 2.17. The first kappa shape index (κ1) is 9.56. The van der Waals surface area contributed by atoms with Crippen LogP contribution in [0.5, 0.6) is 5.75 Å². The molecule has 2 rings (SSSR count). The quantitative estimate of drug-likeness (QED) is 0.672. The topological polar surface area (TPSA) is 38.7 Å². The molecule has 1 aromatic carbocycles. The van der Waals surface area contributed by atoms with Crippen LogP contribution in [0.25, 0.3) is 0 Å². The number of hydrogen-bond acceptors (Lipinski definition) is 3. The van der Waals surface area contributed by atoms with Gasteiger partial charge in [-0.3, -0.25) is 0 Å². The second-order valence-corrected chi connectivity index (χ2v) is 4.12. The van der Waals surface area contributed by atoms with E-state index >= 15 is 0 Å². The van der Waals surface area contributed by atoms with Gasteiger partial charge in [-0.15, -0.1) is 0 Å². The van der Waals surface area contributed by atoms with Gasteiger partial charge in [-0.2, -0.15) is 0 Å². The molecule has 1 fully saturated rings. The fourth-order valence-electron chi connectivity index (χ4n) is 1.47. The minimum atomic E-state index is -0.350. The van der Waals surface area contributed by atoms with Crippen molar-refractivity contribution in [2.75, 3.05) is 6.61 Å². The van der Waals surface area contributed by atoms with Gasteiger partial charge in [0.05, 0.1) is 12.2 Å². The molecule has 1 aliphatic rings. The van der Waals surface area contributed by atoms with Crippen LogP contribution in [0.15, 0.2) is 24.3 Å². The van der Waals surface area contributed by atoms with Gasteiger partial charge in [0.25, 0.3) is 0 Å². The van der Waals surface area contributed by atoms with Crippen molar-refractivity contribution in [3.8, 4) is 5.75 Å². The molecule has 0 amide bonds. The molecule has 1 N–H and O–H groups in total. The molecule has 0 radical (unpaired) electrons. The molecule has 0 saturated carbocycles. The summed E-state index contributed by atoms with van der Waals surface area (Å²) in [6.45, 7) is 4.54. The summed E-state index contributed by atoms with van der Waals surface area (Å²) >= 11 is 0. The summed E-state index contributed by atoms with van der Waals surface area (Å²) < 4.78 is 11.1. The summed E-state index contributed by atoms with van der Waals surface area (Å²) in [4.78, 5) is 0. The zero-order valence-corrected chi connectivity index (χ0v) is 8.36. The predicted molar refractivity (Wildman–Crippen MR) is 54.6 cm³/mol. The van der Waals surface area contributed by atoms with Crippen LogP contribution >= 0.6 is 0 Å². The molecule has 0 aliphatic carbocycles. The molecule has 0 spiro atoms. The van der Waals surface area contributed by atoms with Crippen molar-refractivity contribution >= 4 is 12.6 Å². The maximum absolute atomic E-state index is 9.29. The Labute approximate surface area is 83.8 Å². The summed E-state index contributed by atoms with van der Waals surface area (Å²) in [7, 11) is -0.350. The Hall–Kier alpha value is -0.995. The zero-order chi connectivity index (χ0) is 10.2. The summed E-state index contributed by atoms with van der Waals surface area (Å²) in [6, 6.07) is 6.95. The lowest BCUT2D eigenvalue weighted by atomic mass is 9.79. The second-order valence-electron chi connectivity index (χ2n) is 4.12. The summed E-state index contributed by atoms with van der Waals surface area (Å²) in [5.41, 5.74) is 0.617. The van der Waals surface area contributed by atoms with E-state index < -0.39 is 0 Å². The largest absolute Gasteiger partial charge is 0.508 e. The molecule has 1 heterocycles. The average molecular weight is 192 g/mol. The fourth-order valence-corrected chi connectivity index (χ4v) is 1.47. The van der Waals surface area contributed by atoms with E-state index in [2.05, 4.69) is 0 Å². The van der Waals surface area contributed by atoms with Crippen molar-refractivity contribution in [1.82, 2.24) is 0 Å². The van der Waals surface area contributed by atoms with Gasteiger partial charge in [-0.1, -0.05) is 12.1 Å². The van der Waals surface area contributed by atoms with Gasteiger partial charge in [0.1, 0.15) is 5.75 Å². The van der Waals surface area contributed by atoms with Crippen LogP contribution < -0.4 is 5.46 Å². The average Bonchev–Trinajstić information content (AvgIpc) is 2.46. The van der Waals surface area contributed by atoms with E-state index in [0.717, 1.165) is 5.46 Å². The third-order valence-electron chi connectivity index (χ3n) is 2.15. The highest BCUT2D eigenvalue weighted by Gasteiger charge is 2.38. The smallest absolute Gasteiger partial charge is 0.494 e. The van der Waals surface area contributed by atoms with Gasteiger partial charge in [-0.25, -0.2) is 0 Å². The monoisotopic (exact) mass is 192 g/mol. The highest BCUT2D eigenvalue weighted by atomic mass is 16.7. The number of rotatable bonds is 1. The van der Waals surface area contributed by atoms with Gasteiger partial charge in [0, 0.05) is 0 Å². The Bertz CT molecular complexity index is 338. The maximum atomic E-state index is 9.29. The molecule has 1 aromatic rings. The van der Waals surface area contributed by atoms with E-state index in [9.17, 15) is 5.11 Å². The molecular formula is C10H13BO3. The first-order valence-electron chi connectivity index (χ1n) is 4.65.